The number of carbonyl (C=O) groups is 1. The summed E-state index contributed by atoms with van der Waals surface area (Å²) in [6.07, 6.45) is 1.71. The van der Waals surface area contributed by atoms with E-state index in [-0.39, 0.29) is 5.97 Å². The number of thiazole rings is 1. The standard InChI is InChI=1S/C10H15NO3S/c1-3-14-10(12)9-8(15-7-11-9)5-4-6-13-2/h7H,3-6H2,1-2H3. The first-order valence-corrected chi connectivity index (χ1v) is 5.76. The molecule has 1 aromatic heterocycles. The van der Waals surface area contributed by atoms with Crippen LogP contribution in [0.3, 0.4) is 0 Å². The predicted molar refractivity (Wildman–Crippen MR) is 58.3 cm³/mol. The minimum atomic E-state index is -0.328. The second kappa shape index (κ2) is 6.53. The molecule has 84 valence electrons. The Kier molecular flexibility index (Phi) is 5.28. The van der Waals surface area contributed by atoms with Crippen molar-refractivity contribution in [3.63, 3.8) is 0 Å². The number of rotatable bonds is 6. The van der Waals surface area contributed by atoms with Gasteiger partial charge in [0.25, 0.3) is 0 Å². The van der Waals surface area contributed by atoms with E-state index >= 15 is 0 Å². The van der Waals surface area contributed by atoms with Crippen molar-refractivity contribution in [2.24, 2.45) is 0 Å². The third-order valence-electron chi connectivity index (χ3n) is 1.86. The number of methoxy groups -OCH3 is 1. The van der Waals surface area contributed by atoms with Gasteiger partial charge in [-0.05, 0) is 19.8 Å². The Balaban J connectivity index is 2.56. The lowest BCUT2D eigenvalue weighted by Gasteiger charge is -2.01. The monoisotopic (exact) mass is 229 g/mol. The molecule has 0 bridgehead atoms. The van der Waals surface area contributed by atoms with Crippen molar-refractivity contribution in [3.8, 4) is 0 Å². The van der Waals surface area contributed by atoms with Crippen LogP contribution in [0.4, 0.5) is 0 Å². The number of nitrogens with zero attached hydrogens (tertiary/aromatic N) is 1. The summed E-state index contributed by atoms with van der Waals surface area (Å²) in [5.41, 5.74) is 2.13. The maximum atomic E-state index is 11.5. The molecule has 0 aliphatic carbocycles. The largest absolute Gasteiger partial charge is 0.461 e. The summed E-state index contributed by atoms with van der Waals surface area (Å²) in [5.74, 6) is -0.328. The number of carbonyl (C=O) groups excluding carboxylic acids is 1. The van der Waals surface area contributed by atoms with Crippen LogP contribution in [0.15, 0.2) is 5.51 Å². The Morgan fingerprint density at radius 1 is 1.60 bits per heavy atom. The average Bonchev–Trinajstić information content (AvgIpc) is 2.67. The van der Waals surface area contributed by atoms with Gasteiger partial charge < -0.3 is 9.47 Å². The summed E-state index contributed by atoms with van der Waals surface area (Å²) >= 11 is 1.49. The van der Waals surface area contributed by atoms with Gasteiger partial charge in [-0.2, -0.15) is 0 Å². The SMILES string of the molecule is CCOC(=O)c1ncsc1CCCOC. The van der Waals surface area contributed by atoms with Gasteiger partial charge in [0.05, 0.1) is 12.1 Å². The van der Waals surface area contributed by atoms with Crippen molar-refractivity contribution in [1.82, 2.24) is 4.98 Å². The van der Waals surface area contributed by atoms with Crippen LogP contribution in [-0.2, 0) is 15.9 Å². The number of ether oxygens (including phenoxy) is 2. The minimum absolute atomic E-state index is 0.328. The molecule has 0 spiro atoms. The molecule has 4 nitrogen and oxygen atoms in total. The highest BCUT2D eigenvalue weighted by atomic mass is 32.1. The summed E-state index contributed by atoms with van der Waals surface area (Å²) < 4.78 is 9.86. The van der Waals surface area contributed by atoms with Crippen molar-refractivity contribution >= 4 is 17.3 Å². The lowest BCUT2D eigenvalue weighted by Crippen LogP contribution is -2.07. The Labute approximate surface area is 93.2 Å². The topological polar surface area (TPSA) is 48.4 Å². The third-order valence-corrected chi connectivity index (χ3v) is 2.75. The van der Waals surface area contributed by atoms with Gasteiger partial charge in [0.1, 0.15) is 0 Å². The zero-order valence-electron chi connectivity index (χ0n) is 8.99. The van der Waals surface area contributed by atoms with E-state index in [9.17, 15) is 4.79 Å². The van der Waals surface area contributed by atoms with E-state index in [1.54, 1.807) is 19.5 Å². The van der Waals surface area contributed by atoms with E-state index in [2.05, 4.69) is 4.98 Å². The summed E-state index contributed by atoms with van der Waals surface area (Å²) in [6.45, 7) is 2.86. The number of hydrogen-bond acceptors (Lipinski definition) is 5. The van der Waals surface area contributed by atoms with Gasteiger partial charge in [-0.15, -0.1) is 11.3 Å². The van der Waals surface area contributed by atoms with Gasteiger partial charge in [-0.3, -0.25) is 0 Å². The lowest BCUT2D eigenvalue weighted by atomic mass is 10.2. The third kappa shape index (κ3) is 3.60. The first-order chi connectivity index (χ1) is 7.29. The van der Waals surface area contributed by atoms with E-state index in [1.807, 2.05) is 0 Å². The molecule has 0 saturated heterocycles. The molecule has 5 heteroatoms. The molecule has 15 heavy (non-hydrogen) atoms. The first-order valence-electron chi connectivity index (χ1n) is 4.88. The predicted octanol–water partition coefficient (Wildman–Crippen LogP) is 1.90. The fraction of sp³-hybridized carbons (Fsp3) is 0.600. The molecule has 0 aromatic carbocycles. The van der Waals surface area contributed by atoms with E-state index in [4.69, 9.17) is 9.47 Å². The summed E-state index contributed by atoms with van der Waals surface area (Å²) in [6, 6.07) is 0. The van der Waals surface area contributed by atoms with Crippen LogP contribution in [0, 0.1) is 0 Å². The van der Waals surface area contributed by atoms with Crippen molar-refractivity contribution < 1.29 is 14.3 Å². The Morgan fingerprint density at radius 2 is 2.40 bits per heavy atom. The lowest BCUT2D eigenvalue weighted by molar-refractivity contribution is 0.0519. The van der Waals surface area contributed by atoms with E-state index < -0.39 is 0 Å². The molecule has 0 aliphatic heterocycles. The molecule has 0 fully saturated rings. The fourth-order valence-corrected chi connectivity index (χ4v) is 1.99. The molecular weight excluding hydrogens is 214 g/mol. The van der Waals surface area contributed by atoms with Crippen LogP contribution < -0.4 is 0 Å². The van der Waals surface area contributed by atoms with Crippen molar-refractivity contribution in [2.75, 3.05) is 20.3 Å². The van der Waals surface area contributed by atoms with E-state index in [1.165, 1.54) is 11.3 Å². The fourth-order valence-electron chi connectivity index (χ4n) is 1.19. The summed E-state index contributed by atoms with van der Waals surface area (Å²) in [5, 5.41) is 0. The molecule has 0 amide bonds. The molecule has 0 atom stereocenters. The molecule has 1 rings (SSSR count). The minimum Gasteiger partial charge on any atom is -0.461 e. The molecule has 1 heterocycles. The summed E-state index contributed by atoms with van der Waals surface area (Å²) in [4.78, 5) is 16.4. The number of aromatic nitrogens is 1. The molecule has 0 saturated carbocycles. The normalized spacial score (nSPS) is 10.3. The first kappa shape index (κ1) is 12.1. The zero-order chi connectivity index (χ0) is 11.1. The zero-order valence-corrected chi connectivity index (χ0v) is 9.80. The van der Waals surface area contributed by atoms with Gasteiger partial charge >= 0.3 is 5.97 Å². The molecular formula is C10H15NO3S. The highest BCUT2D eigenvalue weighted by Crippen LogP contribution is 2.16. The van der Waals surface area contributed by atoms with Crippen LogP contribution in [0.2, 0.25) is 0 Å². The van der Waals surface area contributed by atoms with E-state index in [0.717, 1.165) is 17.7 Å². The van der Waals surface area contributed by atoms with Crippen LogP contribution >= 0.6 is 11.3 Å². The van der Waals surface area contributed by atoms with E-state index in [0.29, 0.717) is 18.9 Å². The maximum absolute atomic E-state index is 11.5. The highest BCUT2D eigenvalue weighted by molar-refractivity contribution is 7.09. The molecule has 0 aliphatic rings. The number of aryl methyl sites for hydroxylation is 1. The van der Waals surface area contributed by atoms with Crippen LogP contribution in [0.1, 0.15) is 28.7 Å². The van der Waals surface area contributed by atoms with Crippen molar-refractivity contribution in [1.29, 1.82) is 0 Å². The molecule has 0 unspecified atom stereocenters. The molecule has 1 aromatic rings. The summed E-state index contributed by atoms with van der Waals surface area (Å²) in [7, 11) is 1.67. The highest BCUT2D eigenvalue weighted by Gasteiger charge is 2.15. The maximum Gasteiger partial charge on any atom is 0.358 e. The smallest absolute Gasteiger partial charge is 0.358 e. The van der Waals surface area contributed by atoms with Crippen molar-refractivity contribution in [3.05, 3.63) is 16.1 Å². The van der Waals surface area contributed by atoms with Crippen molar-refractivity contribution in [2.45, 2.75) is 19.8 Å². The molecule has 0 N–H and O–H groups in total. The van der Waals surface area contributed by atoms with Gasteiger partial charge in [0.2, 0.25) is 0 Å². The van der Waals surface area contributed by atoms with Crippen LogP contribution in [0.25, 0.3) is 0 Å². The second-order valence-electron chi connectivity index (χ2n) is 2.94. The Bertz CT molecular complexity index is 311. The number of hydrogen-bond donors (Lipinski definition) is 0. The number of esters is 1. The quantitative estimate of drug-likeness (QED) is 0.552. The van der Waals surface area contributed by atoms with Gasteiger partial charge in [-0.1, -0.05) is 0 Å². The average molecular weight is 229 g/mol. The second-order valence-corrected chi connectivity index (χ2v) is 3.88. The van der Waals surface area contributed by atoms with Gasteiger partial charge in [0.15, 0.2) is 5.69 Å². The van der Waals surface area contributed by atoms with Crippen LogP contribution in [0.5, 0.6) is 0 Å². The molecule has 0 radical (unpaired) electrons. The Morgan fingerprint density at radius 3 is 3.07 bits per heavy atom. The van der Waals surface area contributed by atoms with Crippen LogP contribution in [-0.4, -0.2) is 31.3 Å². The Hall–Kier alpha value is -0.940. The van der Waals surface area contributed by atoms with Gasteiger partial charge in [0, 0.05) is 18.6 Å². The van der Waals surface area contributed by atoms with Gasteiger partial charge in [-0.25, -0.2) is 9.78 Å².